The average Bonchev–Trinajstić information content (AvgIpc) is 2.75. The van der Waals surface area contributed by atoms with Crippen LogP contribution < -0.4 is 47.4 Å². The van der Waals surface area contributed by atoms with Gasteiger partial charge in [0.1, 0.15) is 17.2 Å². The SMILES string of the molecule is NNc1ccc(OP(=O)(Oc2ccc(NN)cc2)Oc2ccc(NN)cc2)cc1. The van der Waals surface area contributed by atoms with Gasteiger partial charge in [0.25, 0.3) is 0 Å². The van der Waals surface area contributed by atoms with Gasteiger partial charge < -0.3 is 29.8 Å². The van der Waals surface area contributed by atoms with Crippen LogP contribution in [-0.2, 0) is 4.57 Å². The molecule has 3 rings (SSSR count). The minimum absolute atomic E-state index is 0.271. The minimum atomic E-state index is -4.11. The standard InChI is InChI=1S/C18H21N6O4P/c19-22-13-1-7-16(8-2-13)26-29(25,27-17-9-3-14(23-20)4-10-17)28-18-11-5-15(24-21)6-12-18/h1-12,22-24H,19-21H2. The molecule has 3 aromatic carbocycles. The Labute approximate surface area is 167 Å². The number of hydrogen-bond acceptors (Lipinski definition) is 10. The Hall–Kier alpha value is -3.43. The second kappa shape index (κ2) is 9.18. The molecule has 0 atom stereocenters. The molecule has 0 saturated carbocycles. The van der Waals surface area contributed by atoms with Crippen LogP contribution in [0, 0.1) is 0 Å². The lowest BCUT2D eigenvalue weighted by Gasteiger charge is -2.20. The summed E-state index contributed by atoms with van der Waals surface area (Å²) < 4.78 is 30.2. The van der Waals surface area contributed by atoms with Crippen LogP contribution in [0.2, 0.25) is 0 Å². The molecule has 0 aliphatic carbocycles. The van der Waals surface area contributed by atoms with Crippen molar-refractivity contribution >= 4 is 24.9 Å². The van der Waals surface area contributed by atoms with Gasteiger partial charge in [-0.05, 0) is 72.8 Å². The van der Waals surface area contributed by atoms with Gasteiger partial charge in [-0.15, -0.1) is 0 Å². The molecule has 9 N–H and O–H groups in total. The van der Waals surface area contributed by atoms with Gasteiger partial charge in [-0.25, -0.2) is 0 Å². The summed E-state index contributed by atoms with van der Waals surface area (Å²) in [6.07, 6.45) is 0. The largest absolute Gasteiger partial charge is 0.647 e. The van der Waals surface area contributed by atoms with Crippen LogP contribution in [0.3, 0.4) is 0 Å². The molecule has 0 saturated heterocycles. The highest BCUT2D eigenvalue weighted by molar-refractivity contribution is 7.49. The van der Waals surface area contributed by atoms with Crippen LogP contribution in [0.15, 0.2) is 72.8 Å². The maximum absolute atomic E-state index is 13.4. The first-order chi connectivity index (χ1) is 14.0. The summed E-state index contributed by atoms with van der Waals surface area (Å²) in [6, 6.07) is 19.4. The van der Waals surface area contributed by atoms with Crippen LogP contribution in [-0.4, -0.2) is 0 Å². The zero-order chi connectivity index (χ0) is 20.7. The Morgan fingerprint density at radius 3 is 0.966 bits per heavy atom. The highest BCUT2D eigenvalue weighted by Gasteiger charge is 2.33. The van der Waals surface area contributed by atoms with E-state index in [0.29, 0.717) is 17.1 Å². The van der Waals surface area contributed by atoms with Crippen LogP contribution in [0.25, 0.3) is 0 Å². The van der Waals surface area contributed by atoms with Crippen molar-refractivity contribution in [1.82, 2.24) is 0 Å². The second-order valence-electron chi connectivity index (χ2n) is 5.73. The summed E-state index contributed by atoms with van der Waals surface area (Å²) in [5, 5.41) is 0. The maximum Gasteiger partial charge on any atom is 0.647 e. The molecule has 11 heteroatoms. The number of nitrogens with two attached hydrogens (primary N) is 3. The van der Waals surface area contributed by atoms with Gasteiger partial charge in [-0.2, -0.15) is 4.57 Å². The molecule has 0 aliphatic rings. The van der Waals surface area contributed by atoms with Crippen LogP contribution in [0.4, 0.5) is 17.1 Å². The average molecular weight is 416 g/mol. The fourth-order valence-electron chi connectivity index (χ4n) is 2.28. The van der Waals surface area contributed by atoms with Crippen molar-refractivity contribution in [2.24, 2.45) is 17.5 Å². The summed E-state index contributed by atoms with van der Waals surface area (Å²) in [7, 11) is -4.11. The quantitative estimate of drug-likeness (QED) is 0.174. The van der Waals surface area contributed by atoms with E-state index in [9.17, 15) is 4.57 Å². The Balaban J connectivity index is 1.85. The van der Waals surface area contributed by atoms with E-state index in [-0.39, 0.29) is 17.2 Å². The third-order valence-electron chi connectivity index (χ3n) is 3.71. The fourth-order valence-corrected chi connectivity index (χ4v) is 3.53. The van der Waals surface area contributed by atoms with Crippen molar-refractivity contribution in [2.75, 3.05) is 16.3 Å². The van der Waals surface area contributed by atoms with Gasteiger partial charge in [-0.1, -0.05) is 0 Å². The summed E-state index contributed by atoms with van der Waals surface area (Å²) in [5.41, 5.74) is 9.47. The third kappa shape index (κ3) is 5.53. The summed E-state index contributed by atoms with van der Waals surface area (Å²) >= 11 is 0. The Morgan fingerprint density at radius 2 is 0.759 bits per heavy atom. The molecular weight excluding hydrogens is 395 g/mol. The first kappa shape index (κ1) is 20.3. The summed E-state index contributed by atoms with van der Waals surface area (Å²) in [5.74, 6) is 16.9. The lowest BCUT2D eigenvalue weighted by molar-refractivity contribution is 0.298. The van der Waals surface area contributed by atoms with E-state index in [2.05, 4.69) is 16.3 Å². The molecule has 0 radical (unpaired) electrons. The summed E-state index contributed by atoms with van der Waals surface area (Å²) in [4.78, 5) is 0. The number of benzene rings is 3. The predicted molar refractivity (Wildman–Crippen MR) is 112 cm³/mol. The topological polar surface area (TPSA) is 159 Å². The van der Waals surface area contributed by atoms with Gasteiger partial charge in [-0.3, -0.25) is 17.5 Å². The number of anilines is 3. The number of nitrogens with one attached hydrogen (secondary N) is 3. The monoisotopic (exact) mass is 416 g/mol. The van der Waals surface area contributed by atoms with Gasteiger partial charge in [0.15, 0.2) is 0 Å². The molecule has 0 bridgehead atoms. The van der Waals surface area contributed by atoms with Crippen molar-refractivity contribution in [2.45, 2.75) is 0 Å². The highest BCUT2D eigenvalue weighted by atomic mass is 31.2. The van der Waals surface area contributed by atoms with Crippen molar-refractivity contribution in [3.8, 4) is 17.2 Å². The Bertz CT molecular complexity index is 840. The van der Waals surface area contributed by atoms with Crippen LogP contribution in [0.1, 0.15) is 0 Å². The van der Waals surface area contributed by atoms with E-state index in [0.717, 1.165) is 0 Å². The van der Waals surface area contributed by atoms with Crippen molar-refractivity contribution in [1.29, 1.82) is 0 Å². The molecule has 0 heterocycles. The molecule has 152 valence electrons. The smallest absolute Gasteiger partial charge is 0.386 e. The first-order valence-electron chi connectivity index (χ1n) is 8.42. The zero-order valence-corrected chi connectivity index (χ0v) is 16.1. The van der Waals surface area contributed by atoms with Crippen LogP contribution >= 0.6 is 7.82 Å². The first-order valence-corrected chi connectivity index (χ1v) is 9.88. The molecule has 10 nitrogen and oxygen atoms in total. The number of nitrogen functional groups attached to an aromatic ring is 3. The van der Waals surface area contributed by atoms with Gasteiger partial charge in [0, 0.05) is 17.1 Å². The Kier molecular flexibility index (Phi) is 6.43. The van der Waals surface area contributed by atoms with Crippen molar-refractivity contribution in [3.63, 3.8) is 0 Å². The molecule has 0 aliphatic heterocycles. The molecule has 0 unspecified atom stereocenters. The molecule has 0 fully saturated rings. The fraction of sp³-hybridized carbons (Fsp3) is 0. The molecule has 3 aromatic rings. The number of hydrazine groups is 3. The predicted octanol–water partition coefficient (Wildman–Crippen LogP) is 3.19. The maximum atomic E-state index is 13.4. The number of rotatable bonds is 9. The number of phosphoric ester groups is 1. The number of hydrogen-bond donors (Lipinski definition) is 6. The normalized spacial score (nSPS) is 10.7. The van der Waals surface area contributed by atoms with E-state index in [4.69, 9.17) is 31.1 Å². The van der Waals surface area contributed by atoms with E-state index in [1.54, 1.807) is 72.8 Å². The molecule has 0 aromatic heterocycles. The highest BCUT2D eigenvalue weighted by Crippen LogP contribution is 2.50. The van der Waals surface area contributed by atoms with Crippen molar-refractivity contribution in [3.05, 3.63) is 72.8 Å². The van der Waals surface area contributed by atoms with Crippen LogP contribution in [0.5, 0.6) is 17.2 Å². The van der Waals surface area contributed by atoms with Crippen molar-refractivity contribution < 1.29 is 18.1 Å². The van der Waals surface area contributed by atoms with E-state index in [1.807, 2.05) is 0 Å². The third-order valence-corrected chi connectivity index (χ3v) is 5.02. The molecule has 0 amide bonds. The van der Waals surface area contributed by atoms with Gasteiger partial charge in [0.2, 0.25) is 0 Å². The van der Waals surface area contributed by atoms with E-state index >= 15 is 0 Å². The second-order valence-corrected chi connectivity index (χ2v) is 7.17. The molecular formula is C18H21N6O4P. The number of phosphoric acid groups is 1. The molecule has 0 spiro atoms. The van der Waals surface area contributed by atoms with E-state index in [1.165, 1.54) is 0 Å². The lowest BCUT2D eigenvalue weighted by atomic mass is 10.3. The lowest BCUT2D eigenvalue weighted by Crippen LogP contribution is -2.09. The molecule has 29 heavy (non-hydrogen) atoms. The minimum Gasteiger partial charge on any atom is -0.386 e. The van der Waals surface area contributed by atoms with E-state index < -0.39 is 7.82 Å². The Morgan fingerprint density at radius 1 is 0.517 bits per heavy atom. The van der Waals surface area contributed by atoms with Gasteiger partial charge in [0.05, 0.1) is 0 Å². The summed E-state index contributed by atoms with van der Waals surface area (Å²) in [6.45, 7) is 0. The zero-order valence-electron chi connectivity index (χ0n) is 15.2. The van der Waals surface area contributed by atoms with Gasteiger partial charge >= 0.3 is 7.82 Å².